The first kappa shape index (κ1) is 26.7. The Balaban J connectivity index is 1.32. The number of anilines is 1. The van der Waals surface area contributed by atoms with Crippen LogP contribution in [-0.4, -0.2) is 63.3 Å². The molecular weight excluding hydrogens is 495 g/mol. The molecule has 3 N–H and O–H groups in total. The van der Waals surface area contributed by atoms with Crippen LogP contribution in [-0.2, 0) is 33.8 Å². The number of nitrogens with one attached hydrogen (secondary N) is 2. The Morgan fingerprint density at radius 3 is 2.66 bits per heavy atom. The maximum atomic E-state index is 15.0. The van der Waals surface area contributed by atoms with Crippen LogP contribution in [0.1, 0.15) is 25.1 Å². The van der Waals surface area contributed by atoms with E-state index in [-0.39, 0.29) is 38.0 Å². The second-order valence-corrected chi connectivity index (χ2v) is 9.15. The van der Waals surface area contributed by atoms with E-state index in [4.69, 9.17) is 4.74 Å². The highest BCUT2D eigenvalue weighted by Crippen LogP contribution is 2.29. The van der Waals surface area contributed by atoms with Gasteiger partial charge in [0.05, 0.1) is 30.6 Å². The SMILES string of the molecule is CC(=O)NC[C@H]1CN(c2ccc(-c3ccc(CNC(=O)Cn4cc(CC(C)O)nn4)cc3)c(F)c2)C(=O)O1. The summed E-state index contributed by atoms with van der Waals surface area (Å²) in [7, 11) is 0. The zero-order chi connectivity index (χ0) is 27.2. The first-order valence-corrected chi connectivity index (χ1v) is 12.1. The number of aliphatic hydroxyl groups is 1. The van der Waals surface area contributed by atoms with Gasteiger partial charge in [0.15, 0.2) is 0 Å². The topological polar surface area (TPSA) is 139 Å². The minimum absolute atomic E-state index is 0.000992. The largest absolute Gasteiger partial charge is 0.442 e. The lowest BCUT2D eigenvalue weighted by Crippen LogP contribution is -2.33. The molecule has 2 heterocycles. The number of carbonyl (C=O) groups excluding carboxylic acids is 3. The molecule has 11 nitrogen and oxygen atoms in total. The third-order valence-corrected chi connectivity index (χ3v) is 5.87. The summed E-state index contributed by atoms with van der Waals surface area (Å²) in [4.78, 5) is 36.9. The molecule has 0 saturated carbocycles. The number of ether oxygens (including phenoxy) is 1. The van der Waals surface area contributed by atoms with Gasteiger partial charge in [-0.2, -0.15) is 0 Å². The van der Waals surface area contributed by atoms with Crippen molar-refractivity contribution in [2.45, 2.75) is 45.6 Å². The quantitative estimate of drug-likeness (QED) is 0.368. The number of cyclic esters (lactones) is 1. The van der Waals surface area contributed by atoms with Crippen LogP contribution in [0.4, 0.5) is 14.9 Å². The van der Waals surface area contributed by atoms with Crippen LogP contribution < -0.4 is 15.5 Å². The maximum Gasteiger partial charge on any atom is 0.414 e. The molecule has 1 saturated heterocycles. The molecule has 1 fully saturated rings. The third-order valence-electron chi connectivity index (χ3n) is 5.87. The molecular formula is C26H29FN6O5. The highest BCUT2D eigenvalue weighted by molar-refractivity contribution is 5.90. The zero-order valence-electron chi connectivity index (χ0n) is 21.1. The van der Waals surface area contributed by atoms with Crippen molar-refractivity contribution in [3.63, 3.8) is 0 Å². The fourth-order valence-corrected chi connectivity index (χ4v) is 4.02. The Morgan fingerprint density at radius 2 is 1.97 bits per heavy atom. The summed E-state index contributed by atoms with van der Waals surface area (Å²) in [6.07, 6.45) is 0.344. The predicted molar refractivity (Wildman–Crippen MR) is 135 cm³/mol. The van der Waals surface area contributed by atoms with Gasteiger partial charge in [0.2, 0.25) is 11.8 Å². The van der Waals surface area contributed by atoms with Crippen molar-refractivity contribution < 1.29 is 28.6 Å². The Labute approximate surface area is 218 Å². The van der Waals surface area contributed by atoms with Crippen molar-refractivity contribution in [3.05, 3.63) is 65.7 Å². The number of amides is 3. The van der Waals surface area contributed by atoms with Crippen LogP contribution >= 0.6 is 0 Å². The van der Waals surface area contributed by atoms with E-state index in [1.165, 1.54) is 22.6 Å². The molecule has 12 heteroatoms. The minimum Gasteiger partial charge on any atom is -0.442 e. The molecule has 1 aromatic heterocycles. The van der Waals surface area contributed by atoms with Crippen LogP contribution in [0.5, 0.6) is 0 Å². The van der Waals surface area contributed by atoms with Crippen molar-refractivity contribution in [1.29, 1.82) is 0 Å². The average molecular weight is 525 g/mol. The van der Waals surface area contributed by atoms with Gasteiger partial charge < -0.3 is 20.5 Å². The van der Waals surface area contributed by atoms with Crippen LogP contribution in [0.25, 0.3) is 11.1 Å². The Bertz CT molecular complexity index is 1310. The fourth-order valence-electron chi connectivity index (χ4n) is 4.02. The third kappa shape index (κ3) is 6.91. The van der Waals surface area contributed by atoms with Gasteiger partial charge in [0, 0.05) is 31.6 Å². The maximum absolute atomic E-state index is 15.0. The van der Waals surface area contributed by atoms with Gasteiger partial charge in [-0.05, 0) is 36.2 Å². The van der Waals surface area contributed by atoms with Crippen LogP contribution in [0.3, 0.4) is 0 Å². The minimum atomic E-state index is -0.595. The molecule has 3 amide bonds. The number of aliphatic hydroxyl groups excluding tert-OH is 1. The Kier molecular flexibility index (Phi) is 8.31. The molecule has 0 radical (unpaired) electrons. The van der Waals surface area contributed by atoms with E-state index >= 15 is 0 Å². The highest BCUT2D eigenvalue weighted by atomic mass is 19.1. The number of hydrogen-bond acceptors (Lipinski definition) is 7. The van der Waals surface area contributed by atoms with E-state index in [0.717, 1.165) is 5.56 Å². The molecule has 200 valence electrons. The van der Waals surface area contributed by atoms with Crippen molar-refractivity contribution >= 4 is 23.6 Å². The van der Waals surface area contributed by atoms with Gasteiger partial charge in [0.1, 0.15) is 18.5 Å². The van der Waals surface area contributed by atoms with E-state index in [9.17, 15) is 23.9 Å². The van der Waals surface area contributed by atoms with Gasteiger partial charge >= 0.3 is 6.09 Å². The van der Waals surface area contributed by atoms with Gasteiger partial charge in [0.25, 0.3) is 0 Å². The van der Waals surface area contributed by atoms with Crippen molar-refractivity contribution in [2.24, 2.45) is 0 Å². The van der Waals surface area contributed by atoms with Crippen LogP contribution in [0.2, 0.25) is 0 Å². The van der Waals surface area contributed by atoms with Gasteiger partial charge in [-0.15, -0.1) is 5.10 Å². The first-order valence-electron chi connectivity index (χ1n) is 12.1. The van der Waals surface area contributed by atoms with Crippen LogP contribution in [0, 0.1) is 5.82 Å². The lowest BCUT2D eigenvalue weighted by molar-refractivity contribution is -0.122. The summed E-state index contributed by atoms with van der Waals surface area (Å²) in [5.74, 6) is -0.966. The number of rotatable bonds is 10. The first-order chi connectivity index (χ1) is 18.2. The Hall–Kier alpha value is -4.32. The number of hydrogen-bond donors (Lipinski definition) is 3. The van der Waals surface area contributed by atoms with Crippen molar-refractivity contribution in [2.75, 3.05) is 18.0 Å². The summed E-state index contributed by atoms with van der Waals surface area (Å²) < 4.78 is 21.6. The smallest absolute Gasteiger partial charge is 0.414 e. The molecule has 1 aliphatic heterocycles. The molecule has 0 aliphatic carbocycles. The zero-order valence-corrected chi connectivity index (χ0v) is 21.1. The second kappa shape index (κ2) is 11.8. The van der Waals surface area contributed by atoms with E-state index in [1.807, 2.05) is 0 Å². The lowest BCUT2D eigenvalue weighted by atomic mass is 10.0. The summed E-state index contributed by atoms with van der Waals surface area (Å²) in [5.41, 5.74) is 2.81. The summed E-state index contributed by atoms with van der Waals surface area (Å²) >= 11 is 0. The molecule has 2 atom stereocenters. The normalized spacial score (nSPS) is 15.7. The predicted octanol–water partition coefficient (Wildman–Crippen LogP) is 1.79. The number of aromatic nitrogens is 3. The van der Waals surface area contributed by atoms with Gasteiger partial charge in [-0.25, -0.2) is 13.9 Å². The summed E-state index contributed by atoms with van der Waals surface area (Å²) in [5, 5.41) is 22.6. The molecule has 38 heavy (non-hydrogen) atoms. The summed E-state index contributed by atoms with van der Waals surface area (Å²) in [6, 6.07) is 11.6. The molecule has 3 aromatic rings. The van der Waals surface area contributed by atoms with E-state index in [0.29, 0.717) is 28.9 Å². The average Bonchev–Trinajstić information content (AvgIpc) is 3.46. The molecule has 1 aliphatic rings. The molecule has 1 unspecified atom stereocenters. The number of nitrogens with zero attached hydrogens (tertiary/aromatic N) is 4. The monoisotopic (exact) mass is 524 g/mol. The summed E-state index contributed by atoms with van der Waals surface area (Å²) in [6.45, 7) is 3.71. The van der Waals surface area contributed by atoms with E-state index < -0.39 is 24.1 Å². The van der Waals surface area contributed by atoms with E-state index in [2.05, 4.69) is 20.9 Å². The van der Waals surface area contributed by atoms with Gasteiger partial charge in [-0.1, -0.05) is 29.5 Å². The second-order valence-electron chi connectivity index (χ2n) is 9.15. The Morgan fingerprint density at radius 1 is 1.21 bits per heavy atom. The standard InChI is InChI=1S/C26H29FN6O5/c1-16(34)9-20-13-32(31-30-20)15-25(36)29-11-18-3-5-19(6-4-18)23-8-7-21(10-24(23)27)33-14-22(38-26(33)37)12-28-17(2)35/h3-8,10,13,16,22,34H,9,11-12,14-15H2,1-2H3,(H,28,35)(H,29,36)/t16?,22-/m0/s1. The highest BCUT2D eigenvalue weighted by Gasteiger charge is 2.32. The number of benzene rings is 2. The van der Waals surface area contributed by atoms with Crippen molar-refractivity contribution in [3.8, 4) is 11.1 Å². The van der Waals surface area contributed by atoms with E-state index in [1.54, 1.807) is 49.5 Å². The fraction of sp³-hybridized carbons (Fsp3) is 0.346. The van der Waals surface area contributed by atoms with Crippen molar-refractivity contribution in [1.82, 2.24) is 25.6 Å². The molecule has 0 bridgehead atoms. The number of carbonyl (C=O) groups is 3. The number of halogens is 1. The molecule has 2 aromatic carbocycles. The molecule has 0 spiro atoms. The molecule has 4 rings (SSSR count). The lowest BCUT2D eigenvalue weighted by Gasteiger charge is -2.15. The van der Waals surface area contributed by atoms with Gasteiger partial charge in [-0.3, -0.25) is 14.5 Å². The van der Waals surface area contributed by atoms with Crippen LogP contribution in [0.15, 0.2) is 48.7 Å².